The summed E-state index contributed by atoms with van der Waals surface area (Å²) >= 11 is 3.39. The van der Waals surface area contributed by atoms with Gasteiger partial charge in [0, 0.05) is 10.9 Å². The molecule has 2 aromatic rings. The lowest BCUT2D eigenvalue weighted by Crippen LogP contribution is -2.07. The maximum Gasteiger partial charge on any atom is 0.306 e. The molecule has 0 aliphatic heterocycles. The van der Waals surface area contributed by atoms with Crippen molar-refractivity contribution < 1.29 is 14.3 Å². The molecular formula is C17H17BrO3. The maximum absolute atomic E-state index is 11.6. The summed E-state index contributed by atoms with van der Waals surface area (Å²) in [5.41, 5.74) is 0.971. The van der Waals surface area contributed by atoms with Crippen molar-refractivity contribution in [3.63, 3.8) is 0 Å². The van der Waals surface area contributed by atoms with Crippen LogP contribution >= 0.6 is 15.9 Å². The Kier molecular flexibility index (Phi) is 6.28. The summed E-state index contributed by atoms with van der Waals surface area (Å²) < 4.78 is 11.7. The van der Waals surface area contributed by atoms with Crippen LogP contribution in [0.1, 0.15) is 18.4 Å². The SMILES string of the molecule is O=C(CCCOc1ccccc1)OCc1cccc(Br)c1. The average molecular weight is 349 g/mol. The second kappa shape index (κ2) is 8.47. The van der Waals surface area contributed by atoms with Gasteiger partial charge in [0.25, 0.3) is 0 Å². The smallest absolute Gasteiger partial charge is 0.306 e. The van der Waals surface area contributed by atoms with Crippen LogP contribution in [-0.4, -0.2) is 12.6 Å². The molecule has 2 rings (SSSR count). The number of rotatable bonds is 7. The van der Waals surface area contributed by atoms with Gasteiger partial charge in [0.2, 0.25) is 0 Å². The Labute approximate surface area is 133 Å². The number of para-hydroxylation sites is 1. The van der Waals surface area contributed by atoms with E-state index in [9.17, 15) is 4.79 Å². The molecule has 0 radical (unpaired) electrons. The van der Waals surface area contributed by atoms with Crippen LogP contribution in [-0.2, 0) is 16.1 Å². The van der Waals surface area contributed by atoms with Gasteiger partial charge in [0.1, 0.15) is 12.4 Å². The average Bonchev–Trinajstić information content (AvgIpc) is 2.51. The van der Waals surface area contributed by atoms with Crippen LogP contribution in [0.3, 0.4) is 0 Å². The molecule has 2 aromatic carbocycles. The van der Waals surface area contributed by atoms with Gasteiger partial charge in [0.15, 0.2) is 0 Å². The zero-order chi connectivity index (χ0) is 14.9. The molecule has 0 saturated heterocycles. The molecule has 0 bridgehead atoms. The number of carbonyl (C=O) groups is 1. The van der Waals surface area contributed by atoms with Crippen LogP contribution in [0.15, 0.2) is 59.1 Å². The Morgan fingerprint density at radius 3 is 2.62 bits per heavy atom. The lowest BCUT2D eigenvalue weighted by Gasteiger charge is -2.07. The maximum atomic E-state index is 11.6. The molecule has 0 aromatic heterocycles. The summed E-state index contributed by atoms with van der Waals surface area (Å²) in [4.78, 5) is 11.6. The van der Waals surface area contributed by atoms with Gasteiger partial charge in [-0.2, -0.15) is 0 Å². The van der Waals surface area contributed by atoms with Gasteiger partial charge in [-0.25, -0.2) is 0 Å². The zero-order valence-corrected chi connectivity index (χ0v) is 13.2. The molecule has 4 heteroatoms. The van der Waals surface area contributed by atoms with Crippen molar-refractivity contribution in [1.29, 1.82) is 0 Å². The van der Waals surface area contributed by atoms with Gasteiger partial charge in [0.05, 0.1) is 6.61 Å². The standard InChI is InChI=1S/C17H17BrO3/c18-15-7-4-6-14(12-15)13-21-17(19)10-5-11-20-16-8-2-1-3-9-16/h1-4,6-9,12H,5,10-11,13H2. The molecular weight excluding hydrogens is 332 g/mol. The predicted molar refractivity (Wildman–Crippen MR) is 85.1 cm³/mol. The fourth-order valence-corrected chi connectivity index (χ4v) is 2.23. The van der Waals surface area contributed by atoms with Gasteiger partial charge < -0.3 is 9.47 Å². The normalized spacial score (nSPS) is 10.1. The topological polar surface area (TPSA) is 35.5 Å². The monoisotopic (exact) mass is 348 g/mol. The Morgan fingerprint density at radius 2 is 1.86 bits per heavy atom. The van der Waals surface area contributed by atoms with E-state index in [-0.39, 0.29) is 5.97 Å². The highest BCUT2D eigenvalue weighted by Crippen LogP contribution is 2.13. The molecule has 0 amide bonds. The highest BCUT2D eigenvalue weighted by molar-refractivity contribution is 9.10. The van der Waals surface area contributed by atoms with E-state index < -0.39 is 0 Å². The first-order chi connectivity index (χ1) is 10.2. The van der Waals surface area contributed by atoms with E-state index in [0.717, 1.165) is 15.8 Å². The number of carbonyl (C=O) groups excluding carboxylic acids is 1. The van der Waals surface area contributed by atoms with Crippen molar-refractivity contribution >= 4 is 21.9 Å². The van der Waals surface area contributed by atoms with Crippen LogP contribution in [0.25, 0.3) is 0 Å². The van der Waals surface area contributed by atoms with Crippen LogP contribution < -0.4 is 4.74 Å². The van der Waals surface area contributed by atoms with E-state index in [2.05, 4.69) is 15.9 Å². The molecule has 21 heavy (non-hydrogen) atoms. The predicted octanol–water partition coefficient (Wildman–Crippen LogP) is 4.35. The highest BCUT2D eigenvalue weighted by Gasteiger charge is 2.04. The van der Waals surface area contributed by atoms with Crippen LogP contribution in [0.2, 0.25) is 0 Å². The second-order valence-corrected chi connectivity index (χ2v) is 5.47. The van der Waals surface area contributed by atoms with Crippen LogP contribution in [0.5, 0.6) is 5.75 Å². The van der Waals surface area contributed by atoms with Crippen molar-refractivity contribution in [3.8, 4) is 5.75 Å². The number of ether oxygens (including phenoxy) is 2. The van der Waals surface area contributed by atoms with E-state index in [1.807, 2.05) is 54.6 Å². The van der Waals surface area contributed by atoms with Gasteiger partial charge in [-0.1, -0.05) is 46.3 Å². The molecule has 0 spiro atoms. The number of benzene rings is 2. The van der Waals surface area contributed by atoms with Crippen molar-refractivity contribution in [2.75, 3.05) is 6.61 Å². The summed E-state index contributed by atoms with van der Waals surface area (Å²) in [5.74, 6) is 0.617. The Balaban J connectivity index is 1.62. The molecule has 0 aliphatic carbocycles. The summed E-state index contributed by atoms with van der Waals surface area (Å²) in [5, 5.41) is 0. The summed E-state index contributed by atoms with van der Waals surface area (Å²) in [6, 6.07) is 17.3. The summed E-state index contributed by atoms with van der Waals surface area (Å²) in [7, 11) is 0. The van der Waals surface area contributed by atoms with E-state index in [0.29, 0.717) is 26.1 Å². The Hall–Kier alpha value is -1.81. The van der Waals surface area contributed by atoms with Gasteiger partial charge in [-0.05, 0) is 36.2 Å². The molecule has 0 heterocycles. The molecule has 0 fully saturated rings. The molecule has 3 nitrogen and oxygen atoms in total. The van der Waals surface area contributed by atoms with E-state index >= 15 is 0 Å². The third-order valence-corrected chi connectivity index (χ3v) is 3.32. The van der Waals surface area contributed by atoms with Crippen molar-refractivity contribution in [2.24, 2.45) is 0 Å². The molecule has 0 N–H and O–H groups in total. The van der Waals surface area contributed by atoms with Crippen LogP contribution in [0.4, 0.5) is 0 Å². The quantitative estimate of drug-likeness (QED) is 0.551. The Bertz CT molecular complexity index is 569. The zero-order valence-electron chi connectivity index (χ0n) is 11.6. The van der Waals surface area contributed by atoms with Crippen molar-refractivity contribution in [1.82, 2.24) is 0 Å². The Morgan fingerprint density at radius 1 is 1.05 bits per heavy atom. The fourth-order valence-electron chi connectivity index (χ4n) is 1.79. The van der Waals surface area contributed by atoms with Gasteiger partial charge in [-0.3, -0.25) is 4.79 Å². The van der Waals surface area contributed by atoms with Gasteiger partial charge >= 0.3 is 5.97 Å². The van der Waals surface area contributed by atoms with Crippen molar-refractivity contribution in [3.05, 3.63) is 64.6 Å². The molecule has 110 valence electrons. The van der Waals surface area contributed by atoms with Gasteiger partial charge in [-0.15, -0.1) is 0 Å². The number of halogens is 1. The number of hydrogen-bond acceptors (Lipinski definition) is 3. The van der Waals surface area contributed by atoms with E-state index in [1.165, 1.54) is 0 Å². The molecule has 0 aliphatic rings. The first kappa shape index (κ1) is 15.6. The minimum absolute atomic E-state index is 0.202. The highest BCUT2D eigenvalue weighted by atomic mass is 79.9. The van der Waals surface area contributed by atoms with E-state index in [4.69, 9.17) is 9.47 Å². The number of esters is 1. The lowest BCUT2D eigenvalue weighted by atomic mass is 10.2. The first-order valence-electron chi connectivity index (χ1n) is 6.82. The minimum Gasteiger partial charge on any atom is -0.494 e. The van der Waals surface area contributed by atoms with E-state index in [1.54, 1.807) is 0 Å². The van der Waals surface area contributed by atoms with Crippen LogP contribution in [0, 0.1) is 0 Å². The molecule has 0 saturated carbocycles. The first-order valence-corrected chi connectivity index (χ1v) is 7.61. The molecule has 0 atom stereocenters. The summed E-state index contributed by atoms with van der Waals surface area (Å²) in [6.07, 6.45) is 1.01. The minimum atomic E-state index is -0.202. The molecule has 0 unspecified atom stereocenters. The number of hydrogen-bond donors (Lipinski definition) is 0. The third kappa shape index (κ3) is 6.00. The summed E-state index contributed by atoms with van der Waals surface area (Å²) in [6.45, 7) is 0.813. The largest absolute Gasteiger partial charge is 0.494 e. The lowest BCUT2D eigenvalue weighted by molar-refractivity contribution is -0.145. The third-order valence-electron chi connectivity index (χ3n) is 2.83. The fraction of sp³-hybridized carbons (Fsp3) is 0.235. The van der Waals surface area contributed by atoms with Crippen molar-refractivity contribution in [2.45, 2.75) is 19.4 Å². The second-order valence-electron chi connectivity index (χ2n) is 4.56.